The second-order valence-corrected chi connectivity index (χ2v) is 9.36. The standard InChI is InChI=1S/C29H31N3O4/c1-17(2)20-12-14-21(15-13-20)36-16-26(33)31-19(4)29(35)32-25-11-7-10-24(30)27(25)23-9-6-5-8-22(23)18(3)28(32)34/h5-15,17-19H,16,30H2,1-4H3,(H,31,33)/t18?,19-/m0/s1. The number of ether oxygens (including phenoxy) is 1. The summed E-state index contributed by atoms with van der Waals surface area (Å²) in [7, 11) is 0. The van der Waals surface area contributed by atoms with Crippen LogP contribution in [0.5, 0.6) is 5.75 Å². The number of carbonyl (C=O) groups excluding carboxylic acids is 3. The van der Waals surface area contributed by atoms with Crippen molar-refractivity contribution in [1.82, 2.24) is 5.32 Å². The van der Waals surface area contributed by atoms with E-state index in [1.807, 2.05) is 48.5 Å². The second kappa shape index (κ2) is 10.2. The van der Waals surface area contributed by atoms with Gasteiger partial charge in [0.25, 0.3) is 11.8 Å². The fraction of sp³-hybridized carbons (Fsp3) is 0.276. The first-order chi connectivity index (χ1) is 17.2. The molecule has 0 saturated carbocycles. The summed E-state index contributed by atoms with van der Waals surface area (Å²) in [6.07, 6.45) is 0. The lowest BCUT2D eigenvalue weighted by Crippen LogP contribution is -2.51. The number of nitrogens with two attached hydrogens (primary N) is 1. The average molecular weight is 486 g/mol. The van der Waals surface area contributed by atoms with E-state index in [0.29, 0.717) is 28.6 Å². The van der Waals surface area contributed by atoms with Gasteiger partial charge in [-0.15, -0.1) is 0 Å². The van der Waals surface area contributed by atoms with Gasteiger partial charge >= 0.3 is 0 Å². The van der Waals surface area contributed by atoms with Gasteiger partial charge in [0.1, 0.15) is 11.8 Å². The van der Waals surface area contributed by atoms with Crippen molar-refractivity contribution in [2.24, 2.45) is 0 Å². The predicted molar refractivity (Wildman–Crippen MR) is 141 cm³/mol. The number of rotatable bonds is 6. The van der Waals surface area contributed by atoms with Crippen LogP contribution in [0.15, 0.2) is 66.7 Å². The van der Waals surface area contributed by atoms with E-state index in [-0.39, 0.29) is 12.5 Å². The molecule has 0 saturated heterocycles. The zero-order valence-electron chi connectivity index (χ0n) is 20.9. The summed E-state index contributed by atoms with van der Waals surface area (Å²) in [5.74, 6) is -0.994. The number of carbonyl (C=O) groups is 3. The van der Waals surface area contributed by atoms with Crippen molar-refractivity contribution in [2.45, 2.75) is 45.6 Å². The highest BCUT2D eigenvalue weighted by Gasteiger charge is 2.37. The number of nitrogens with one attached hydrogen (secondary N) is 1. The third-order valence-electron chi connectivity index (χ3n) is 6.49. The van der Waals surface area contributed by atoms with E-state index in [1.54, 1.807) is 32.0 Å². The van der Waals surface area contributed by atoms with Crippen LogP contribution in [-0.4, -0.2) is 30.4 Å². The first-order valence-corrected chi connectivity index (χ1v) is 12.1. The lowest BCUT2D eigenvalue weighted by molar-refractivity contribution is -0.131. The zero-order chi connectivity index (χ0) is 26.0. The van der Waals surface area contributed by atoms with E-state index >= 15 is 0 Å². The second-order valence-electron chi connectivity index (χ2n) is 9.36. The number of hydrogen-bond acceptors (Lipinski definition) is 5. The number of nitrogen functional groups attached to an aromatic ring is 1. The van der Waals surface area contributed by atoms with E-state index in [2.05, 4.69) is 19.2 Å². The molecule has 3 N–H and O–H groups in total. The Bertz CT molecular complexity index is 1300. The zero-order valence-corrected chi connectivity index (χ0v) is 20.9. The number of fused-ring (bicyclic) bond motifs is 3. The Morgan fingerprint density at radius 1 is 1.00 bits per heavy atom. The Hall–Kier alpha value is -4.13. The van der Waals surface area contributed by atoms with Crippen LogP contribution in [0.4, 0.5) is 11.4 Å². The van der Waals surface area contributed by atoms with Gasteiger partial charge in [0.15, 0.2) is 6.61 Å². The number of imide groups is 1. The van der Waals surface area contributed by atoms with Crippen molar-refractivity contribution in [3.8, 4) is 16.9 Å². The lowest BCUT2D eigenvalue weighted by Gasteiger charge is -2.26. The highest BCUT2D eigenvalue weighted by atomic mass is 16.5. The fourth-order valence-electron chi connectivity index (χ4n) is 4.45. The largest absolute Gasteiger partial charge is 0.484 e. The Labute approximate surface area is 211 Å². The first-order valence-electron chi connectivity index (χ1n) is 12.1. The van der Waals surface area contributed by atoms with Crippen LogP contribution in [-0.2, 0) is 14.4 Å². The normalized spacial score (nSPS) is 15.5. The molecule has 0 spiro atoms. The van der Waals surface area contributed by atoms with Crippen LogP contribution in [0, 0.1) is 0 Å². The summed E-state index contributed by atoms with van der Waals surface area (Å²) < 4.78 is 5.58. The number of amides is 3. The third-order valence-corrected chi connectivity index (χ3v) is 6.49. The molecule has 1 aliphatic heterocycles. The highest BCUT2D eigenvalue weighted by molar-refractivity contribution is 6.22. The molecule has 7 heteroatoms. The van der Waals surface area contributed by atoms with Crippen molar-refractivity contribution < 1.29 is 19.1 Å². The molecule has 1 unspecified atom stereocenters. The lowest BCUT2D eigenvalue weighted by atomic mass is 9.92. The summed E-state index contributed by atoms with van der Waals surface area (Å²) in [6, 6.07) is 19.2. The molecule has 186 valence electrons. The van der Waals surface area contributed by atoms with E-state index < -0.39 is 23.8 Å². The SMILES string of the molecule is CC(C)c1ccc(OCC(=O)N[C@@H](C)C(=O)N2C(=O)C(C)c3ccccc3-c3c(N)cccc32)cc1. The van der Waals surface area contributed by atoms with Gasteiger partial charge in [-0.05, 0) is 60.7 Å². The molecule has 0 fully saturated rings. The van der Waals surface area contributed by atoms with E-state index in [9.17, 15) is 14.4 Å². The fourth-order valence-corrected chi connectivity index (χ4v) is 4.45. The Balaban J connectivity index is 1.52. The van der Waals surface area contributed by atoms with Gasteiger partial charge in [-0.25, -0.2) is 4.90 Å². The van der Waals surface area contributed by atoms with Crippen molar-refractivity contribution in [2.75, 3.05) is 17.2 Å². The Kier molecular flexibility index (Phi) is 7.10. The Morgan fingerprint density at radius 2 is 1.69 bits per heavy atom. The number of hydrogen-bond donors (Lipinski definition) is 2. The summed E-state index contributed by atoms with van der Waals surface area (Å²) in [5.41, 5.74) is 10.6. The maximum absolute atomic E-state index is 13.6. The van der Waals surface area contributed by atoms with E-state index in [1.165, 1.54) is 5.56 Å². The summed E-state index contributed by atoms with van der Waals surface area (Å²) in [4.78, 5) is 40.8. The molecule has 0 aliphatic carbocycles. The van der Waals surface area contributed by atoms with Crippen molar-refractivity contribution in [3.63, 3.8) is 0 Å². The van der Waals surface area contributed by atoms with E-state index in [4.69, 9.17) is 10.5 Å². The molecule has 1 aliphatic rings. The molecule has 0 bridgehead atoms. The minimum atomic E-state index is -0.962. The smallest absolute Gasteiger partial charge is 0.258 e. The number of anilines is 2. The molecule has 0 aromatic heterocycles. The molecule has 0 radical (unpaired) electrons. The molecule has 36 heavy (non-hydrogen) atoms. The van der Waals surface area contributed by atoms with Gasteiger partial charge < -0.3 is 15.8 Å². The third kappa shape index (κ3) is 4.82. The highest BCUT2D eigenvalue weighted by Crippen LogP contribution is 2.44. The minimum Gasteiger partial charge on any atom is -0.484 e. The maximum Gasteiger partial charge on any atom is 0.258 e. The summed E-state index contributed by atoms with van der Waals surface area (Å²) in [5, 5.41) is 2.66. The van der Waals surface area contributed by atoms with Crippen LogP contribution in [0.3, 0.4) is 0 Å². The molecule has 7 nitrogen and oxygen atoms in total. The van der Waals surface area contributed by atoms with Gasteiger partial charge in [-0.2, -0.15) is 0 Å². The molecule has 3 aromatic rings. The van der Waals surface area contributed by atoms with Gasteiger partial charge in [-0.1, -0.05) is 56.3 Å². The van der Waals surface area contributed by atoms with Crippen LogP contribution in [0.25, 0.3) is 11.1 Å². The maximum atomic E-state index is 13.6. The van der Waals surface area contributed by atoms with Gasteiger partial charge in [0.05, 0.1) is 11.6 Å². The number of nitrogens with zero attached hydrogens (tertiary/aromatic N) is 1. The van der Waals surface area contributed by atoms with Crippen molar-refractivity contribution >= 4 is 29.1 Å². The van der Waals surface area contributed by atoms with Crippen LogP contribution in [0.1, 0.15) is 50.7 Å². The monoisotopic (exact) mass is 485 g/mol. The summed E-state index contributed by atoms with van der Waals surface area (Å²) in [6.45, 7) is 7.27. The topological polar surface area (TPSA) is 102 Å². The molecular weight excluding hydrogens is 454 g/mol. The van der Waals surface area contributed by atoms with E-state index in [0.717, 1.165) is 16.0 Å². The van der Waals surface area contributed by atoms with Crippen LogP contribution >= 0.6 is 0 Å². The van der Waals surface area contributed by atoms with Crippen molar-refractivity contribution in [1.29, 1.82) is 0 Å². The van der Waals surface area contributed by atoms with Crippen molar-refractivity contribution in [3.05, 3.63) is 77.9 Å². The molecular formula is C29H31N3O4. The van der Waals surface area contributed by atoms with Crippen LogP contribution in [0.2, 0.25) is 0 Å². The Morgan fingerprint density at radius 3 is 2.39 bits per heavy atom. The molecule has 2 atom stereocenters. The van der Waals surface area contributed by atoms with Gasteiger partial charge in [-0.3, -0.25) is 14.4 Å². The number of benzene rings is 3. The average Bonchev–Trinajstić information content (AvgIpc) is 2.96. The predicted octanol–water partition coefficient (Wildman–Crippen LogP) is 4.62. The summed E-state index contributed by atoms with van der Waals surface area (Å²) >= 11 is 0. The quantitative estimate of drug-likeness (QED) is 0.496. The molecule has 3 aromatic carbocycles. The molecule has 1 heterocycles. The molecule has 3 amide bonds. The first kappa shape index (κ1) is 25.0. The van der Waals surface area contributed by atoms with Crippen LogP contribution < -0.4 is 20.7 Å². The van der Waals surface area contributed by atoms with Gasteiger partial charge in [0.2, 0.25) is 5.91 Å². The minimum absolute atomic E-state index is 0.252. The molecule has 4 rings (SSSR count). The van der Waals surface area contributed by atoms with Gasteiger partial charge in [0, 0.05) is 11.3 Å².